The molecule has 0 radical (unpaired) electrons. The first-order valence-corrected chi connectivity index (χ1v) is 15.4. The highest BCUT2D eigenvalue weighted by Crippen LogP contribution is 2.24. The van der Waals surface area contributed by atoms with Crippen molar-refractivity contribution in [2.45, 2.75) is 18.2 Å². The van der Waals surface area contributed by atoms with Crippen LogP contribution in [-0.4, -0.2) is 48.1 Å². The van der Waals surface area contributed by atoms with Gasteiger partial charge in [0.25, 0.3) is 11.8 Å². The summed E-state index contributed by atoms with van der Waals surface area (Å²) in [5.41, 5.74) is 2.03. The molecule has 1 aromatic heterocycles. The molecule has 0 aliphatic rings. The van der Waals surface area contributed by atoms with E-state index in [0.29, 0.717) is 40.0 Å². The molecule has 3 N–H and O–H groups in total. The number of aromatic nitrogens is 1. The number of amides is 3. The Morgan fingerprint density at radius 1 is 0.955 bits per heavy atom. The average molecular weight is 631 g/mol. The summed E-state index contributed by atoms with van der Waals surface area (Å²) < 4.78 is 10.3. The minimum absolute atomic E-state index is 0.0200. The van der Waals surface area contributed by atoms with E-state index in [1.807, 2.05) is 12.1 Å². The molecule has 0 saturated carbocycles. The molecule has 0 bridgehead atoms. The Balaban J connectivity index is 1.41. The van der Waals surface area contributed by atoms with Gasteiger partial charge in [-0.2, -0.15) is 0 Å². The van der Waals surface area contributed by atoms with Gasteiger partial charge >= 0.3 is 5.97 Å². The Labute approximate surface area is 262 Å². The molecule has 0 unspecified atom stereocenters. The number of benzene rings is 3. The number of thioether (sulfide) groups is 1. The molecular weight excluding hydrogens is 601 g/mol. The highest BCUT2D eigenvalue weighted by atomic mass is 32.2. The van der Waals surface area contributed by atoms with Crippen LogP contribution >= 0.6 is 23.1 Å². The van der Waals surface area contributed by atoms with Gasteiger partial charge in [0, 0.05) is 27.1 Å². The first-order valence-electron chi connectivity index (χ1n) is 13.5. The summed E-state index contributed by atoms with van der Waals surface area (Å²) in [7, 11) is 1.53. The summed E-state index contributed by atoms with van der Waals surface area (Å²) in [6.07, 6.45) is 1.59. The summed E-state index contributed by atoms with van der Waals surface area (Å²) in [6, 6.07) is 22.7. The van der Waals surface area contributed by atoms with Crippen molar-refractivity contribution < 1.29 is 28.7 Å². The van der Waals surface area contributed by atoms with Crippen LogP contribution in [-0.2, 0) is 25.5 Å². The monoisotopic (exact) mass is 630 g/mol. The smallest absolute Gasteiger partial charge is 0.311 e. The summed E-state index contributed by atoms with van der Waals surface area (Å²) in [5.74, 6) is -0.994. The van der Waals surface area contributed by atoms with Gasteiger partial charge in [-0.1, -0.05) is 42.5 Å². The normalized spacial score (nSPS) is 10.9. The van der Waals surface area contributed by atoms with Crippen LogP contribution in [0.4, 0.5) is 10.8 Å². The van der Waals surface area contributed by atoms with Gasteiger partial charge in [0.05, 0.1) is 31.6 Å². The second-order valence-electron chi connectivity index (χ2n) is 9.06. The van der Waals surface area contributed by atoms with Crippen LogP contribution in [0.25, 0.3) is 6.08 Å². The van der Waals surface area contributed by atoms with Crippen molar-refractivity contribution in [3.63, 3.8) is 0 Å². The van der Waals surface area contributed by atoms with Gasteiger partial charge in [-0.3, -0.25) is 19.2 Å². The number of carbonyl (C=O) groups is 4. The molecule has 0 spiro atoms. The van der Waals surface area contributed by atoms with Crippen molar-refractivity contribution in [3.05, 3.63) is 107 Å². The molecule has 0 aliphatic carbocycles. The number of methoxy groups -OCH3 is 1. The van der Waals surface area contributed by atoms with Gasteiger partial charge in [0.2, 0.25) is 5.91 Å². The van der Waals surface area contributed by atoms with Crippen molar-refractivity contribution in [2.75, 3.05) is 30.1 Å². The number of anilines is 2. The molecule has 0 aliphatic heterocycles. The maximum atomic E-state index is 13.4. The molecule has 0 saturated heterocycles. The number of rotatable bonds is 13. The van der Waals surface area contributed by atoms with Gasteiger partial charge in [-0.15, -0.1) is 23.1 Å². The number of hydrogen-bond acceptors (Lipinski definition) is 9. The number of ether oxygens (including phenoxy) is 2. The van der Waals surface area contributed by atoms with Crippen LogP contribution in [0, 0.1) is 0 Å². The molecule has 10 nitrogen and oxygen atoms in total. The van der Waals surface area contributed by atoms with E-state index < -0.39 is 11.8 Å². The van der Waals surface area contributed by atoms with Gasteiger partial charge in [-0.25, -0.2) is 4.98 Å². The molecule has 226 valence electrons. The predicted molar refractivity (Wildman–Crippen MR) is 172 cm³/mol. The van der Waals surface area contributed by atoms with Crippen molar-refractivity contribution in [2.24, 2.45) is 0 Å². The second-order valence-corrected chi connectivity index (χ2v) is 11.0. The molecule has 1 heterocycles. The number of para-hydroxylation sites is 1. The number of esters is 1. The largest absolute Gasteiger partial charge is 0.496 e. The summed E-state index contributed by atoms with van der Waals surface area (Å²) in [4.78, 5) is 55.5. The molecule has 0 fully saturated rings. The fourth-order valence-electron chi connectivity index (χ4n) is 3.86. The van der Waals surface area contributed by atoms with E-state index in [2.05, 4.69) is 20.9 Å². The van der Waals surface area contributed by atoms with Gasteiger partial charge < -0.3 is 25.4 Å². The first kappa shape index (κ1) is 32.0. The van der Waals surface area contributed by atoms with E-state index in [4.69, 9.17) is 9.47 Å². The number of nitrogens with one attached hydrogen (secondary N) is 3. The molecular formula is C32H30N4O6S2. The second kappa shape index (κ2) is 16.1. The van der Waals surface area contributed by atoms with Crippen LogP contribution < -0.4 is 20.7 Å². The van der Waals surface area contributed by atoms with E-state index >= 15 is 0 Å². The molecule has 12 heteroatoms. The Bertz CT molecular complexity index is 1660. The number of hydrogen-bond donors (Lipinski definition) is 3. The minimum Gasteiger partial charge on any atom is -0.496 e. The highest BCUT2D eigenvalue weighted by Gasteiger charge is 2.17. The lowest BCUT2D eigenvalue weighted by Crippen LogP contribution is -2.30. The predicted octanol–water partition coefficient (Wildman–Crippen LogP) is 5.40. The Hall–Kier alpha value is -4.94. The van der Waals surface area contributed by atoms with E-state index in [0.717, 1.165) is 4.90 Å². The minimum atomic E-state index is -0.539. The SMILES string of the molecule is CCOC(=O)Cc1csc(NC(=O)CSc2cccc(NC(=O)/C(=C\c3ccccc3OC)NC(=O)c3ccccc3)c2)n1. The Kier molecular flexibility index (Phi) is 11.7. The zero-order valence-electron chi connectivity index (χ0n) is 24.0. The third kappa shape index (κ3) is 9.54. The van der Waals surface area contributed by atoms with E-state index in [9.17, 15) is 19.2 Å². The molecule has 3 amide bonds. The highest BCUT2D eigenvalue weighted by molar-refractivity contribution is 8.00. The molecule has 3 aromatic carbocycles. The zero-order valence-corrected chi connectivity index (χ0v) is 25.6. The standard InChI is InChI=1S/C32H30N4O6S2/c1-3-42-29(38)18-24-19-44-32(34-24)36-28(37)20-43-25-14-9-13-23(17-25)33-31(40)26(16-22-12-7-8-15-27(22)41-2)35-30(39)21-10-5-4-6-11-21/h4-17,19H,3,18,20H2,1-2H3,(H,33,40)(H,35,39)(H,34,36,37)/b26-16+. The quantitative estimate of drug-likeness (QED) is 0.102. The van der Waals surface area contributed by atoms with E-state index in [1.165, 1.54) is 30.2 Å². The van der Waals surface area contributed by atoms with Crippen molar-refractivity contribution in [3.8, 4) is 5.75 Å². The zero-order chi connectivity index (χ0) is 31.3. The lowest BCUT2D eigenvalue weighted by molar-refractivity contribution is -0.142. The lowest BCUT2D eigenvalue weighted by Gasteiger charge is -2.13. The van der Waals surface area contributed by atoms with Crippen molar-refractivity contribution >= 4 is 63.7 Å². The summed E-state index contributed by atoms with van der Waals surface area (Å²) in [5, 5.41) is 10.4. The third-order valence-electron chi connectivity index (χ3n) is 5.86. The van der Waals surface area contributed by atoms with Crippen LogP contribution in [0.15, 0.2) is 94.8 Å². The fraction of sp³-hybridized carbons (Fsp3) is 0.156. The number of thiazole rings is 1. The van der Waals surface area contributed by atoms with Crippen molar-refractivity contribution in [1.29, 1.82) is 0 Å². The number of carbonyl (C=O) groups excluding carboxylic acids is 4. The molecule has 4 aromatic rings. The van der Waals surface area contributed by atoms with Gasteiger partial charge in [0.1, 0.15) is 11.4 Å². The maximum Gasteiger partial charge on any atom is 0.311 e. The Morgan fingerprint density at radius 2 is 1.73 bits per heavy atom. The molecule has 0 atom stereocenters. The lowest BCUT2D eigenvalue weighted by atomic mass is 10.1. The van der Waals surface area contributed by atoms with E-state index in [1.54, 1.807) is 85.1 Å². The molecule has 4 rings (SSSR count). The topological polar surface area (TPSA) is 136 Å². The van der Waals surface area contributed by atoms with E-state index in [-0.39, 0.29) is 29.7 Å². The van der Waals surface area contributed by atoms with Gasteiger partial charge in [0.15, 0.2) is 5.13 Å². The summed E-state index contributed by atoms with van der Waals surface area (Å²) >= 11 is 2.50. The maximum absolute atomic E-state index is 13.4. The Morgan fingerprint density at radius 3 is 2.50 bits per heavy atom. The first-order chi connectivity index (χ1) is 21.3. The summed E-state index contributed by atoms with van der Waals surface area (Å²) in [6.45, 7) is 2.02. The van der Waals surface area contributed by atoms with Crippen molar-refractivity contribution in [1.82, 2.24) is 10.3 Å². The van der Waals surface area contributed by atoms with Crippen LogP contribution in [0.3, 0.4) is 0 Å². The third-order valence-corrected chi connectivity index (χ3v) is 7.66. The molecule has 44 heavy (non-hydrogen) atoms. The van der Waals surface area contributed by atoms with Crippen LogP contribution in [0.1, 0.15) is 28.5 Å². The van der Waals surface area contributed by atoms with Crippen LogP contribution in [0.5, 0.6) is 5.75 Å². The average Bonchev–Trinajstić information content (AvgIpc) is 3.46. The number of nitrogens with zero attached hydrogens (tertiary/aromatic N) is 1. The fourth-order valence-corrected chi connectivity index (χ4v) is 5.34. The van der Waals surface area contributed by atoms with Gasteiger partial charge in [-0.05, 0) is 49.4 Å². The van der Waals surface area contributed by atoms with Crippen LogP contribution in [0.2, 0.25) is 0 Å².